The maximum atomic E-state index is 13.9. The SMILES string of the molecule is Cc1sc(=O)n(Cc2cccc([N+](=O)[O-])c2F)c1C. The molecule has 0 atom stereocenters. The molecule has 1 heterocycles. The fourth-order valence-corrected chi connectivity index (χ4v) is 2.60. The van der Waals surface area contributed by atoms with Crippen molar-refractivity contribution < 1.29 is 9.31 Å². The molecule has 0 aliphatic carbocycles. The first-order valence-corrected chi connectivity index (χ1v) is 6.32. The number of thiazole rings is 1. The highest BCUT2D eigenvalue weighted by molar-refractivity contribution is 7.09. The number of hydrogen-bond donors (Lipinski definition) is 0. The Morgan fingerprint density at radius 1 is 1.42 bits per heavy atom. The Morgan fingerprint density at radius 3 is 2.63 bits per heavy atom. The molecule has 0 amide bonds. The van der Waals surface area contributed by atoms with Gasteiger partial charge in [0.05, 0.1) is 11.5 Å². The maximum Gasteiger partial charge on any atom is 0.307 e. The summed E-state index contributed by atoms with van der Waals surface area (Å²) in [6.07, 6.45) is 0. The number of aryl methyl sites for hydroxylation is 1. The van der Waals surface area contributed by atoms with E-state index in [4.69, 9.17) is 0 Å². The second kappa shape index (κ2) is 4.93. The zero-order valence-electron chi connectivity index (χ0n) is 10.3. The van der Waals surface area contributed by atoms with Gasteiger partial charge in [0.2, 0.25) is 5.82 Å². The number of rotatable bonds is 3. The van der Waals surface area contributed by atoms with Gasteiger partial charge in [-0.2, -0.15) is 4.39 Å². The van der Waals surface area contributed by atoms with Crippen LogP contribution in [0.3, 0.4) is 0 Å². The first-order chi connectivity index (χ1) is 8.91. The molecule has 0 unspecified atom stereocenters. The van der Waals surface area contributed by atoms with Gasteiger partial charge in [-0.05, 0) is 13.8 Å². The molecule has 5 nitrogen and oxygen atoms in total. The van der Waals surface area contributed by atoms with Crippen molar-refractivity contribution in [2.45, 2.75) is 20.4 Å². The normalized spacial score (nSPS) is 10.7. The molecular weight excluding hydrogens is 271 g/mol. The van der Waals surface area contributed by atoms with Crippen molar-refractivity contribution in [3.05, 3.63) is 59.9 Å². The van der Waals surface area contributed by atoms with Gasteiger partial charge in [-0.1, -0.05) is 23.5 Å². The smallest absolute Gasteiger partial charge is 0.299 e. The van der Waals surface area contributed by atoms with Crippen LogP contribution in [0.15, 0.2) is 23.0 Å². The second-order valence-corrected chi connectivity index (χ2v) is 5.27. The molecule has 0 radical (unpaired) electrons. The zero-order valence-corrected chi connectivity index (χ0v) is 11.2. The molecule has 0 aliphatic rings. The van der Waals surface area contributed by atoms with E-state index in [-0.39, 0.29) is 17.0 Å². The Morgan fingerprint density at radius 2 is 2.11 bits per heavy atom. The molecule has 1 aromatic heterocycles. The highest BCUT2D eigenvalue weighted by atomic mass is 32.1. The van der Waals surface area contributed by atoms with Gasteiger partial charge < -0.3 is 0 Å². The van der Waals surface area contributed by atoms with Crippen molar-refractivity contribution in [1.82, 2.24) is 4.57 Å². The van der Waals surface area contributed by atoms with E-state index < -0.39 is 16.4 Å². The zero-order chi connectivity index (χ0) is 14.2. The molecule has 0 saturated heterocycles. The fourth-order valence-electron chi connectivity index (χ4n) is 1.77. The lowest BCUT2D eigenvalue weighted by Crippen LogP contribution is -2.16. The molecule has 19 heavy (non-hydrogen) atoms. The van der Waals surface area contributed by atoms with Crippen LogP contribution in [-0.4, -0.2) is 9.49 Å². The Kier molecular flexibility index (Phi) is 3.48. The van der Waals surface area contributed by atoms with Crippen LogP contribution < -0.4 is 4.87 Å². The van der Waals surface area contributed by atoms with Gasteiger partial charge in [-0.3, -0.25) is 19.5 Å². The molecule has 0 aliphatic heterocycles. The number of halogens is 1. The second-order valence-electron chi connectivity index (χ2n) is 4.10. The predicted octanol–water partition coefficient (Wildman–Crippen LogP) is 2.62. The lowest BCUT2D eigenvalue weighted by molar-refractivity contribution is -0.387. The first-order valence-electron chi connectivity index (χ1n) is 5.50. The quantitative estimate of drug-likeness (QED) is 0.642. The first kappa shape index (κ1) is 13.4. The van der Waals surface area contributed by atoms with E-state index >= 15 is 0 Å². The minimum Gasteiger partial charge on any atom is -0.299 e. The fraction of sp³-hybridized carbons (Fsp3) is 0.250. The van der Waals surface area contributed by atoms with Gasteiger partial charge in [0, 0.05) is 22.2 Å². The standard InChI is InChI=1S/C12H11FN2O3S/c1-7-8(2)19-12(16)14(7)6-9-4-3-5-10(11(9)13)15(17)18/h3-5H,6H2,1-2H3. The average molecular weight is 282 g/mol. The summed E-state index contributed by atoms with van der Waals surface area (Å²) >= 11 is 1.08. The third-order valence-corrected chi connectivity index (χ3v) is 3.96. The molecule has 0 spiro atoms. The summed E-state index contributed by atoms with van der Waals surface area (Å²) in [5.74, 6) is -0.886. The molecular formula is C12H11FN2O3S. The van der Waals surface area contributed by atoms with Gasteiger partial charge in [-0.25, -0.2) is 0 Å². The number of aromatic nitrogens is 1. The van der Waals surface area contributed by atoms with Gasteiger partial charge >= 0.3 is 10.6 Å². The van der Waals surface area contributed by atoms with E-state index in [1.165, 1.54) is 16.7 Å². The van der Waals surface area contributed by atoms with E-state index in [1.807, 2.05) is 6.92 Å². The van der Waals surface area contributed by atoms with Crippen molar-refractivity contribution in [1.29, 1.82) is 0 Å². The van der Waals surface area contributed by atoms with Crippen LogP contribution in [-0.2, 0) is 6.54 Å². The Labute approximate surface area is 112 Å². The van der Waals surface area contributed by atoms with E-state index in [0.717, 1.165) is 28.0 Å². The number of nitro groups is 1. The number of nitrogens with zero attached hydrogens (tertiary/aromatic N) is 2. The third kappa shape index (κ3) is 2.41. The molecule has 2 rings (SSSR count). The Hall–Kier alpha value is -2.02. The van der Waals surface area contributed by atoms with Crippen molar-refractivity contribution in [2.24, 2.45) is 0 Å². The minimum atomic E-state index is -0.886. The summed E-state index contributed by atoms with van der Waals surface area (Å²) in [5.41, 5.74) is 0.313. The van der Waals surface area contributed by atoms with Crippen LogP contribution in [0.25, 0.3) is 0 Å². The van der Waals surface area contributed by atoms with E-state index in [1.54, 1.807) is 6.92 Å². The lowest BCUT2D eigenvalue weighted by atomic mass is 10.2. The molecule has 0 saturated carbocycles. The topological polar surface area (TPSA) is 65.1 Å². The third-order valence-electron chi connectivity index (χ3n) is 2.96. The monoisotopic (exact) mass is 282 g/mol. The van der Waals surface area contributed by atoms with E-state index in [2.05, 4.69) is 0 Å². The van der Waals surface area contributed by atoms with Gasteiger partial charge in [0.25, 0.3) is 0 Å². The predicted molar refractivity (Wildman–Crippen MR) is 70.2 cm³/mol. The summed E-state index contributed by atoms with van der Waals surface area (Å²) in [7, 11) is 0. The number of hydrogen-bond acceptors (Lipinski definition) is 4. The number of benzene rings is 1. The van der Waals surface area contributed by atoms with Crippen molar-refractivity contribution in [3.63, 3.8) is 0 Å². The molecule has 0 fully saturated rings. The van der Waals surface area contributed by atoms with E-state index in [0.29, 0.717) is 0 Å². The lowest BCUT2D eigenvalue weighted by Gasteiger charge is -2.06. The van der Waals surface area contributed by atoms with Crippen molar-refractivity contribution in [2.75, 3.05) is 0 Å². The molecule has 2 aromatic rings. The molecule has 0 N–H and O–H groups in total. The summed E-state index contributed by atoms with van der Waals surface area (Å²) in [6, 6.07) is 3.96. The molecule has 0 bridgehead atoms. The highest BCUT2D eigenvalue weighted by Crippen LogP contribution is 2.21. The Bertz CT molecular complexity index is 705. The highest BCUT2D eigenvalue weighted by Gasteiger charge is 2.18. The molecule has 1 aromatic carbocycles. The summed E-state index contributed by atoms with van der Waals surface area (Å²) in [6.45, 7) is 3.58. The van der Waals surface area contributed by atoms with Gasteiger partial charge in [-0.15, -0.1) is 0 Å². The van der Waals surface area contributed by atoms with Crippen LogP contribution in [0.5, 0.6) is 0 Å². The molecule has 7 heteroatoms. The van der Waals surface area contributed by atoms with Crippen molar-refractivity contribution >= 4 is 17.0 Å². The molecule has 100 valence electrons. The van der Waals surface area contributed by atoms with E-state index in [9.17, 15) is 19.3 Å². The van der Waals surface area contributed by atoms with Crippen LogP contribution in [0.2, 0.25) is 0 Å². The van der Waals surface area contributed by atoms with Crippen LogP contribution >= 0.6 is 11.3 Å². The van der Waals surface area contributed by atoms with Crippen LogP contribution in [0, 0.1) is 29.8 Å². The van der Waals surface area contributed by atoms with Gasteiger partial charge in [0.15, 0.2) is 0 Å². The average Bonchev–Trinajstić information content (AvgIpc) is 2.58. The summed E-state index contributed by atoms with van der Waals surface area (Å²) in [4.78, 5) is 22.3. The number of nitro benzene ring substituents is 1. The minimum absolute atomic E-state index is 0.00250. The largest absolute Gasteiger partial charge is 0.307 e. The van der Waals surface area contributed by atoms with Gasteiger partial charge in [0.1, 0.15) is 0 Å². The van der Waals surface area contributed by atoms with Crippen molar-refractivity contribution in [3.8, 4) is 0 Å². The van der Waals surface area contributed by atoms with Crippen LogP contribution in [0.4, 0.5) is 10.1 Å². The Balaban J connectivity index is 2.47. The summed E-state index contributed by atoms with van der Waals surface area (Å²) < 4.78 is 15.3. The maximum absolute atomic E-state index is 13.9. The summed E-state index contributed by atoms with van der Waals surface area (Å²) in [5, 5.41) is 10.7. The van der Waals surface area contributed by atoms with Crippen LogP contribution in [0.1, 0.15) is 16.1 Å².